The highest BCUT2D eigenvalue weighted by molar-refractivity contribution is 5.12. The van der Waals surface area contributed by atoms with E-state index < -0.39 is 0 Å². The van der Waals surface area contributed by atoms with E-state index in [-0.39, 0.29) is 0 Å². The fourth-order valence-electron chi connectivity index (χ4n) is 2.21. The number of nitrogens with zero attached hydrogens (tertiary/aromatic N) is 2. The first kappa shape index (κ1) is 14.0. The number of unbranched alkanes of at least 4 members (excludes halogenated alkanes) is 3. The topological polar surface area (TPSA) is 29.9 Å². The molecule has 0 amide bonds. The SMILES string of the molecule is C=CCCCCCC(NC)c1cc(C)nn1C. The quantitative estimate of drug-likeness (QED) is 0.554. The molecule has 1 rings (SSSR count). The lowest BCUT2D eigenvalue weighted by atomic mass is 10.0. The average Bonchev–Trinajstić information content (AvgIpc) is 2.63. The smallest absolute Gasteiger partial charge is 0.0597 e. The van der Waals surface area contributed by atoms with E-state index in [1.54, 1.807) is 0 Å². The molecule has 0 radical (unpaired) electrons. The van der Waals surface area contributed by atoms with Gasteiger partial charge < -0.3 is 5.32 Å². The molecular formula is C14H25N3. The molecule has 1 N–H and O–H groups in total. The first-order valence-corrected chi connectivity index (χ1v) is 6.47. The molecule has 0 saturated carbocycles. The Morgan fingerprint density at radius 2 is 2.24 bits per heavy atom. The van der Waals surface area contributed by atoms with Crippen LogP contribution < -0.4 is 5.32 Å². The van der Waals surface area contributed by atoms with Gasteiger partial charge in [-0.05, 0) is 39.3 Å². The molecule has 1 aromatic heterocycles. The zero-order valence-corrected chi connectivity index (χ0v) is 11.4. The zero-order valence-electron chi connectivity index (χ0n) is 11.4. The van der Waals surface area contributed by atoms with Crippen LogP contribution in [0.1, 0.15) is 49.5 Å². The largest absolute Gasteiger partial charge is 0.312 e. The minimum Gasteiger partial charge on any atom is -0.312 e. The highest BCUT2D eigenvalue weighted by atomic mass is 15.3. The average molecular weight is 235 g/mol. The lowest BCUT2D eigenvalue weighted by Crippen LogP contribution is -2.19. The molecule has 0 spiro atoms. The Balaban J connectivity index is 2.43. The van der Waals surface area contributed by atoms with Gasteiger partial charge in [-0.15, -0.1) is 6.58 Å². The van der Waals surface area contributed by atoms with Crippen LogP contribution in [-0.2, 0) is 7.05 Å². The van der Waals surface area contributed by atoms with Crippen molar-refractivity contribution in [1.82, 2.24) is 15.1 Å². The number of nitrogens with one attached hydrogen (secondary N) is 1. The second-order valence-electron chi connectivity index (χ2n) is 4.60. The summed E-state index contributed by atoms with van der Waals surface area (Å²) in [4.78, 5) is 0. The molecule has 0 saturated heterocycles. The number of rotatable bonds is 8. The fraction of sp³-hybridized carbons (Fsp3) is 0.643. The van der Waals surface area contributed by atoms with Gasteiger partial charge in [0.25, 0.3) is 0 Å². The van der Waals surface area contributed by atoms with E-state index in [0.717, 1.165) is 12.1 Å². The molecule has 3 nitrogen and oxygen atoms in total. The standard InChI is InChI=1S/C14H25N3/c1-5-6-7-8-9-10-13(15-3)14-11-12(2)16-17(14)4/h5,11,13,15H,1,6-10H2,2-4H3. The third kappa shape index (κ3) is 4.35. The summed E-state index contributed by atoms with van der Waals surface area (Å²) in [6.45, 7) is 5.79. The Bertz CT molecular complexity index is 341. The van der Waals surface area contributed by atoms with E-state index in [4.69, 9.17) is 0 Å². The zero-order chi connectivity index (χ0) is 12.7. The number of aryl methyl sites for hydroxylation is 2. The molecule has 0 fully saturated rings. The minimum atomic E-state index is 0.421. The highest BCUT2D eigenvalue weighted by Gasteiger charge is 2.13. The summed E-state index contributed by atoms with van der Waals surface area (Å²) < 4.78 is 1.99. The summed E-state index contributed by atoms with van der Waals surface area (Å²) in [5, 5.41) is 7.78. The molecule has 1 heterocycles. The van der Waals surface area contributed by atoms with E-state index in [2.05, 4.69) is 23.1 Å². The molecule has 17 heavy (non-hydrogen) atoms. The molecule has 0 bridgehead atoms. The van der Waals surface area contributed by atoms with Gasteiger partial charge in [-0.2, -0.15) is 5.10 Å². The fourth-order valence-corrected chi connectivity index (χ4v) is 2.21. The maximum absolute atomic E-state index is 4.40. The predicted molar refractivity (Wildman–Crippen MR) is 73.0 cm³/mol. The van der Waals surface area contributed by atoms with Crippen molar-refractivity contribution in [2.75, 3.05) is 7.05 Å². The van der Waals surface area contributed by atoms with Crippen molar-refractivity contribution in [3.8, 4) is 0 Å². The lowest BCUT2D eigenvalue weighted by molar-refractivity contribution is 0.477. The molecular weight excluding hydrogens is 210 g/mol. The minimum absolute atomic E-state index is 0.421. The van der Waals surface area contributed by atoms with E-state index in [9.17, 15) is 0 Å². The van der Waals surface area contributed by atoms with Gasteiger partial charge in [0.2, 0.25) is 0 Å². The van der Waals surface area contributed by atoms with Gasteiger partial charge in [0.15, 0.2) is 0 Å². The molecule has 0 aromatic carbocycles. The lowest BCUT2D eigenvalue weighted by Gasteiger charge is -2.16. The summed E-state index contributed by atoms with van der Waals surface area (Å²) in [6, 6.07) is 2.59. The molecule has 3 heteroatoms. The Hall–Kier alpha value is -1.09. The monoisotopic (exact) mass is 235 g/mol. The van der Waals surface area contributed by atoms with Crippen LogP contribution in [0.25, 0.3) is 0 Å². The van der Waals surface area contributed by atoms with Gasteiger partial charge in [0.1, 0.15) is 0 Å². The predicted octanol–water partition coefficient (Wildman–Crippen LogP) is 3.13. The van der Waals surface area contributed by atoms with E-state index in [1.807, 2.05) is 31.8 Å². The second kappa shape index (κ2) is 7.28. The molecule has 1 atom stereocenters. The Labute approximate surface area is 105 Å². The summed E-state index contributed by atoms with van der Waals surface area (Å²) >= 11 is 0. The van der Waals surface area contributed by atoms with Crippen LogP contribution in [0.4, 0.5) is 0 Å². The van der Waals surface area contributed by atoms with Gasteiger partial charge in [-0.25, -0.2) is 0 Å². The normalized spacial score (nSPS) is 12.6. The van der Waals surface area contributed by atoms with Gasteiger partial charge in [0.05, 0.1) is 11.4 Å². The molecule has 0 aliphatic carbocycles. The third-order valence-electron chi connectivity index (χ3n) is 3.14. The number of aromatic nitrogens is 2. The van der Waals surface area contributed by atoms with Crippen LogP contribution in [0.15, 0.2) is 18.7 Å². The van der Waals surface area contributed by atoms with E-state index >= 15 is 0 Å². The van der Waals surface area contributed by atoms with Crippen LogP contribution >= 0.6 is 0 Å². The van der Waals surface area contributed by atoms with Gasteiger partial charge in [-0.1, -0.05) is 18.9 Å². The summed E-state index contributed by atoms with van der Waals surface area (Å²) in [5.41, 5.74) is 2.38. The van der Waals surface area contributed by atoms with Gasteiger partial charge >= 0.3 is 0 Å². The van der Waals surface area contributed by atoms with Crippen LogP contribution in [0, 0.1) is 6.92 Å². The summed E-state index contributed by atoms with van der Waals surface area (Å²) in [6.07, 6.45) is 8.09. The first-order valence-electron chi connectivity index (χ1n) is 6.47. The summed E-state index contributed by atoms with van der Waals surface area (Å²) in [5.74, 6) is 0. The molecule has 1 aromatic rings. The van der Waals surface area contributed by atoms with E-state index in [1.165, 1.54) is 31.4 Å². The van der Waals surface area contributed by atoms with Crippen molar-refractivity contribution >= 4 is 0 Å². The molecule has 0 aliphatic heterocycles. The molecule has 96 valence electrons. The Kier molecular flexibility index (Phi) is 5.98. The van der Waals surface area contributed by atoms with Gasteiger partial charge in [-0.3, -0.25) is 4.68 Å². The first-order chi connectivity index (χ1) is 8.19. The van der Waals surface area contributed by atoms with Crippen LogP contribution in [0.5, 0.6) is 0 Å². The molecule has 1 unspecified atom stereocenters. The van der Waals surface area contributed by atoms with Crippen molar-refractivity contribution < 1.29 is 0 Å². The third-order valence-corrected chi connectivity index (χ3v) is 3.14. The van der Waals surface area contributed by atoms with Crippen LogP contribution in [0.3, 0.4) is 0 Å². The van der Waals surface area contributed by atoms with Crippen molar-refractivity contribution in [2.24, 2.45) is 7.05 Å². The maximum Gasteiger partial charge on any atom is 0.0597 e. The van der Waals surface area contributed by atoms with Crippen molar-refractivity contribution in [1.29, 1.82) is 0 Å². The van der Waals surface area contributed by atoms with E-state index in [0.29, 0.717) is 6.04 Å². The highest BCUT2D eigenvalue weighted by Crippen LogP contribution is 2.20. The van der Waals surface area contributed by atoms with Crippen LogP contribution in [0.2, 0.25) is 0 Å². The van der Waals surface area contributed by atoms with Crippen molar-refractivity contribution in [3.63, 3.8) is 0 Å². The number of hydrogen-bond acceptors (Lipinski definition) is 2. The maximum atomic E-state index is 4.40. The number of allylic oxidation sites excluding steroid dienone is 1. The van der Waals surface area contributed by atoms with Crippen molar-refractivity contribution in [2.45, 2.75) is 45.1 Å². The van der Waals surface area contributed by atoms with Crippen LogP contribution in [-0.4, -0.2) is 16.8 Å². The Morgan fingerprint density at radius 1 is 1.47 bits per heavy atom. The van der Waals surface area contributed by atoms with Gasteiger partial charge in [0, 0.05) is 13.1 Å². The van der Waals surface area contributed by atoms with Crippen molar-refractivity contribution in [3.05, 3.63) is 30.1 Å². The second-order valence-corrected chi connectivity index (χ2v) is 4.60. The number of hydrogen-bond donors (Lipinski definition) is 1. The Morgan fingerprint density at radius 3 is 2.76 bits per heavy atom. The molecule has 0 aliphatic rings. The summed E-state index contributed by atoms with van der Waals surface area (Å²) in [7, 11) is 4.04.